The molecule has 2 unspecified atom stereocenters. The van der Waals surface area contributed by atoms with Crippen LogP contribution in [-0.4, -0.2) is 31.8 Å². The summed E-state index contributed by atoms with van der Waals surface area (Å²) in [6.45, 7) is 2.45. The number of aromatic nitrogens is 2. The zero-order valence-corrected chi connectivity index (χ0v) is 7.79. The maximum atomic E-state index is 10.6. The fraction of sp³-hybridized carbons (Fsp3) is 0.500. The average molecular weight is 199 g/mol. The predicted octanol–water partition coefficient (Wildman–Crippen LogP) is -1.22. The molecule has 0 saturated heterocycles. The van der Waals surface area contributed by atoms with Crippen LogP contribution in [0.15, 0.2) is 12.4 Å². The van der Waals surface area contributed by atoms with E-state index in [2.05, 4.69) is 4.98 Å². The monoisotopic (exact) mass is 199 g/mol. The second-order valence-electron chi connectivity index (χ2n) is 2.86. The molecule has 78 valence electrons. The third-order valence-corrected chi connectivity index (χ3v) is 1.94. The van der Waals surface area contributed by atoms with Crippen molar-refractivity contribution in [1.82, 2.24) is 9.55 Å². The molecule has 0 aromatic carbocycles. The van der Waals surface area contributed by atoms with Crippen LogP contribution in [0.25, 0.3) is 0 Å². The molecule has 1 aromatic heterocycles. The van der Waals surface area contributed by atoms with Gasteiger partial charge >= 0.3 is 0 Å². The summed E-state index contributed by atoms with van der Waals surface area (Å²) < 4.78 is 1.62. The van der Waals surface area contributed by atoms with Crippen LogP contribution in [0.1, 0.15) is 18.9 Å². The SMILES string of the molecule is CCn1ccnc1C(O)C(O)C(N)=O. The van der Waals surface area contributed by atoms with E-state index in [-0.39, 0.29) is 5.82 Å². The van der Waals surface area contributed by atoms with Gasteiger partial charge in [0, 0.05) is 18.9 Å². The van der Waals surface area contributed by atoms with Crippen molar-refractivity contribution in [2.24, 2.45) is 5.73 Å². The van der Waals surface area contributed by atoms with E-state index in [9.17, 15) is 15.0 Å². The van der Waals surface area contributed by atoms with Crippen molar-refractivity contribution in [1.29, 1.82) is 0 Å². The van der Waals surface area contributed by atoms with E-state index in [4.69, 9.17) is 5.73 Å². The van der Waals surface area contributed by atoms with Crippen molar-refractivity contribution in [2.45, 2.75) is 25.7 Å². The summed E-state index contributed by atoms with van der Waals surface area (Å²) in [6, 6.07) is 0. The largest absolute Gasteiger partial charge is 0.382 e. The normalized spacial score (nSPS) is 15.1. The van der Waals surface area contributed by atoms with Gasteiger partial charge in [0.15, 0.2) is 6.10 Å². The van der Waals surface area contributed by atoms with E-state index in [1.54, 1.807) is 10.8 Å². The van der Waals surface area contributed by atoms with E-state index in [1.807, 2.05) is 6.92 Å². The second-order valence-corrected chi connectivity index (χ2v) is 2.86. The number of amides is 1. The van der Waals surface area contributed by atoms with Crippen LogP contribution in [-0.2, 0) is 11.3 Å². The minimum absolute atomic E-state index is 0.235. The Morgan fingerprint density at radius 1 is 1.71 bits per heavy atom. The Labute approximate surface area is 81.0 Å². The first kappa shape index (κ1) is 10.7. The fourth-order valence-electron chi connectivity index (χ4n) is 1.15. The lowest BCUT2D eigenvalue weighted by Gasteiger charge is -2.15. The van der Waals surface area contributed by atoms with Crippen LogP contribution in [0, 0.1) is 0 Å². The number of primary amides is 1. The summed E-state index contributed by atoms with van der Waals surface area (Å²) in [5, 5.41) is 18.7. The molecule has 0 aliphatic rings. The van der Waals surface area contributed by atoms with E-state index in [0.29, 0.717) is 6.54 Å². The average Bonchev–Trinajstić information content (AvgIpc) is 2.62. The van der Waals surface area contributed by atoms with Crippen molar-refractivity contribution >= 4 is 5.91 Å². The second kappa shape index (κ2) is 4.21. The molecular weight excluding hydrogens is 186 g/mol. The summed E-state index contributed by atoms with van der Waals surface area (Å²) in [6.07, 6.45) is 0.132. The molecule has 0 aliphatic heterocycles. The summed E-state index contributed by atoms with van der Waals surface area (Å²) in [7, 11) is 0. The van der Waals surface area contributed by atoms with Gasteiger partial charge in [0.05, 0.1) is 0 Å². The number of nitrogens with two attached hydrogens (primary N) is 1. The third kappa shape index (κ3) is 1.91. The molecular formula is C8H13N3O3. The maximum Gasteiger partial charge on any atom is 0.249 e. The molecule has 4 N–H and O–H groups in total. The smallest absolute Gasteiger partial charge is 0.249 e. The molecule has 14 heavy (non-hydrogen) atoms. The number of aryl methyl sites for hydroxylation is 1. The van der Waals surface area contributed by atoms with Crippen molar-refractivity contribution in [3.05, 3.63) is 18.2 Å². The lowest BCUT2D eigenvalue weighted by Crippen LogP contribution is -2.35. The van der Waals surface area contributed by atoms with Crippen LogP contribution >= 0.6 is 0 Å². The minimum Gasteiger partial charge on any atom is -0.382 e. The summed E-state index contributed by atoms with van der Waals surface area (Å²) in [5.74, 6) is -0.734. The van der Waals surface area contributed by atoms with Gasteiger partial charge in [-0.15, -0.1) is 0 Å². The van der Waals surface area contributed by atoms with Gasteiger partial charge in [-0.1, -0.05) is 0 Å². The summed E-state index contributed by atoms with van der Waals surface area (Å²) in [4.78, 5) is 14.4. The molecule has 2 atom stereocenters. The predicted molar refractivity (Wildman–Crippen MR) is 48.1 cm³/mol. The van der Waals surface area contributed by atoms with Crippen LogP contribution < -0.4 is 5.73 Å². The molecule has 0 aliphatic carbocycles. The highest BCUT2D eigenvalue weighted by Gasteiger charge is 2.26. The van der Waals surface area contributed by atoms with E-state index in [1.165, 1.54) is 6.20 Å². The molecule has 0 fully saturated rings. The number of aliphatic hydroxyl groups excluding tert-OH is 2. The van der Waals surface area contributed by atoms with Crippen LogP contribution in [0.3, 0.4) is 0 Å². The quantitative estimate of drug-likeness (QED) is 0.565. The van der Waals surface area contributed by atoms with Crippen LogP contribution in [0.5, 0.6) is 0 Å². The molecule has 1 aromatic rings. The third-order valence-electron chi connectivity index (χ3n) is 1.94. The number of hydrogen-bond donors (Lipinski definition) is 3. The first-order chi connectivity index (χ1) is 6.57. The Hall–Kier alpha value is -1.40. The van der Waals surface area contributed by atoms with Gasteiger partial charge in [-0.05, 0) is 6.92 Å². The van der Waals surface area contributed by atoms with Gasteiger partial charge in [0.25, 0.3) is 0 Å². The van der Waals surface area contributed by atoms with E-state index >= 15 is 0 Å². The van der Waals surface area contributed by atoms with Gasteiger partial charge < -0.3 is 20.5 Å². The molecule has 0 bridgehead atoms. The summed E-state index contributed by atoms with van der Waals surface area (Å²) >= 11 is 0. The van der Waals surface area contributed by atoms with Gasteiger partial charge in [-0.25, -0.2) is 4.98 Å². The van der Waals surface area contributed by atoms with Crippen LogP contribution in [0.4, 0.5) is 0 Å². The molecule has 1 amide bonds. The molecule has 6 heteroatoms. The van der Waals surface area contributed by atoms with E-state index in [0.717, 1.165) is 0 Å². The lowest BCUT2D eigenvalue weighted by molar-refractivity contribution is -0.132. The Bertz CT molecular complexity index is 323. The maximum absolute atomic E-state index is 10.6. The fourth-order valence-corrected chi connectivity index (χ4v) is 1.15. The first-order valence-corrected chi connectivity index (χ1v) is 4.24. The number of carbonyl (C=O) groups excluding carboxylic acids is 1. The standard InChI is InChI=1S/C8H13N3O3/c1-2-11-4-3-10-8(11)6(13)5(12)7(9)14/h3-6,12-13H,2H2,1H3,(H2,9,14). The molecule has 0 saturated carbocycles. The highest BCUT2D eigenvalue weighted by Crippen LogP contribution is 2.14. The zero-order chi connectivity index (χ0) is 10.7. The molecule has 0 spiro atoms. The number of rotatable bonds is 4. The molecule has 0 radical (unpaired) electrons. The first-order valence-electron chi connectivity index (χ1n) is 4.24. The number of imidazole rings is 1. The number of aliphatic hydroxyl groups is 2. The topological polar surface area (TPSA) is 101 Å². The van der Waals surface area contributed by atoms with Crippen molar-refractivity contribution in [3.8, 4) is 0 Å². The zero-order valence-electron chi connectivity index (χ0n) is 7.79. The van der Waals surface area contributed by atoms with Crippen LogP contribution in [0.2, 0.25) is 0 Å². The molecule has 6 nitrogen and oxygen atoms in total. The molecule has 1 heterocycles. The Morgan fingerprint density at radius 3 is 2.86 bits per heavy atom. The van der Waals surface area contributed by atoms with Gasteiger partial charge in [0.2, 0.25) is 5.91 Å². The molecule has 1 rings (SSSR count). The Morgan fingerprint density at radius 2 is 2.36 bits per heavy atom. The highest BCUT2D eigenvalue weighted by molar-refractivity contribution is 5.79. The minimum atomic E-state index is -1.62. The number of hydrogen-bond acceptors (Lipinski definition) is 4. The van der Waals surface area contributed by atoms with Crippen molar-refractivity contribution < 1.29 is 15.0 Å². The van der Waals surface area contributed by atoms with Gasteiger partial charge in [0.1, 0.15) is 11.9 Å². The van der Waals surface area contributed by atoms with E-state index < -0.39 is 18.1 Å². The number of carbonyl (C=O) groups is 1. The van der Waals surface area contributed by atoms with Gasteiger partial charge in [-0.3, -0.25) is 4.79 Å². The lowest BCUT2D eigenvalue weighted by atomic mass is 10.2. The van der Waals surface area contributed by atoms with Crippen molar-refractivity contribution in [2.75, 3.05) is 0 Å². The highest BCUT2D eigenvalue weighted by atomic mass is 16.3. The summed E-state index contributed by atoms with van der Waals surface area (Å²) in [5.41, 5.74) is 4.85. The van der Waals surface area contributed by atoms with Crippen molar-refractivity contribution in [3.63, 3.8) is 0 Å². The number of nitrogens with zero attached hydrogens (tertiary/aromatic N) is 2. The van der Waals surface area contributed by atoms with Gasteiger partial charge in [-0.2, -0.15) is 0 Å². The Kier molecular flexibility index (Phi) is 3.21. The Balaban J connectivity index is 2.88.